The molecule has 0 aromatic heterocycles. The van der Waals surface area contributed by atoms with Crippen LogP contribution in [0.4, 0.5) is 0 Å². The van der Waals surface area contributed by atoms with Gasteiger partial charge >= 0.3 is 0 Å². The molecule has 0 amide bonds. The van der Waals surface area contributed by atoms with E-state index in [1.54, 1.807) is 0 Å². The quantitative estimate of drug-likeness (QED) is 0.833. The largest absolute Gasteiger partial charge is 0.493 e. The van der Waals surface area contributed by atoms with Crippen LogP contribution in [0.15, 0.2) is 34.8 Å². The van der Waals surface area contributed by atoms with E-state index in [1.165, 1.54) is 0 Å². The van der Waals surface area contributed by atoms with Gasteiger partial charge in [0.25, 0.3) is 0 Å². The predicted octanol–water partition coefficient (Wildman–Crippen LogP) is 3.29. The first kappa shape index (κ1) is 12.3. The van der Waals surface area contributed by atoms with Crippen LogP contribution in [-0.4, -0.2) is 11.7 Å². The predicted molar refractivity (Wildman–Crippen MR) is 65.0 cm³/mol. The Balaban J connectivity index is 2.58. The van der Waals surface area contributed by atoms with Crippen LogP contribution in [0.25, 0.3) is 0 Å². The third kappa shape index (κ3) is 4.06. The minimum atomic E-state index is 0.0122. The Hall–Kier alpha value is -0.800. The molecule has 82 valence electrons. The van der Waals surface area contributed by atoms with Gasteiger partial charge in [-0.3, -0.25) is 0 Å². The molecule has 0 aliphatic carbocycles. The first-order valence-corrected chi connectivity index (χ1v) is 5.59. The maximum atomic E-state index is 9.06. The highest BCUT2D eigenvalue weighted by Gasteiger charge is 2.01. The summed E-state index contributed by atoms with van der Waals surface area (Å²) in [5, 5.41) is 9.06. The van der Waals surface area contributed by atoms with E-state index < -0.39 is 0 Å². The number of hydrogen-bond acceptors (Lipinski definition) is 2. The number of aliphatic hydroxyl groups excluding tert-OH is 1. The molecule has 1 rings (SSSR count). The van der Waals surface area contributed by atoms with Gasteiger partial charge in [0.2, 0.25) is 0 Å². The fraction of sp³-hybridized carbons (Fsp3) is 0.333. The van der Waals surface area contributed by atoms with Gasteiger partial charge in [-0.05, 0) is 30.7 Å². The Morgan fingerprint density at radius 2 is 2.27 bits per heavy atom. The summed E-state index contributed by atoms with van der Waals surface area (Å²) in [5.41, 5.74) is 1.94. The van der Waals surface area contributed by atoms with E-state index in [4.69, 9.17) is 9.84 Å². The topological polar surface area (TPSA) is 29.5 Å². The van der Waals surface area contributed by atoms with Crippen LogP contribution in [0.1, 0.15) is 18.9 Å². The lowest BCUT2D eigenvalue weighted by molar-refractivity contribution is 0.278. The van der Waals surface area contributed by atoms with Gasteiger partial charge in [-0.1, -0.05) is 21.5 Å². The van der Waals surface area contributed by atoms with Crippen molar-refractivity contribution >= 4 is 15.9 Å². The monoisotopic (exact) mass is 270 g/mol. The molecule has 0 unspecified atom stereocenters. The lowest BCUT2D eigenvalue weighted by Crippen LogP contribution is -1.98. The summed E-state index contributed by atoms with van der Waals surface area (Å²) in [6.07, 6.45) is 0.852. The fourth-order valence-corrected chi connectivity index (χ4v) is 1.48. The zero-order valence-electron chi connectivity index (χ0n) is 8.79. The molecule has 0 bridgehead atoms. The van der Waals surface area contributed by atoms with Crippen LogP contribution >= 0.6 is 15.9 Å². The van der Waals surface area contributed by atoms with Crippen LogP contribution in [0.5, 0.6) is 5.75 Å². The van der Waals surface area contributed by atoms with Gasteiger partial charge in [0.15, 0.2) is 0 Å². The maximum absolute atomic E-state index is 9.06. The molecule has 0 radical (unpaired) electrons. The summed E-state index contributed by atoms with van der Waals surface area (Å²) in [6, 6.07) is 5.59. The molecule has 0 fully saturated rings. The molecule has 0 saturated carbocycles. The molecule has 15 heavy (non-hydrogen) atoms. The zero-order chi connectivity index (χ0) is 11.3. The average molecular weight is 271 g/mol. The normalized spacial score (nSPS) is 10.1. The average Bonchev–Trinajstić information content (AvgIpc) is 2.20. The highest BCUT2D eigenvalue weighted by molar-refractivity contribution is 9.10. The molecule has 0 heterocycles. The maximum Gasteiger partial charge on any atom is 0.119 e. The van der Waals surface area contributed by atoms with Crippen molar-refractivity contribution < 1.29 is 9.84 Å². The Kier molecular flexibility index (Phi) is 4.85. The third-order valence-corrected chi connectivity index (χ3v) is 2.76. The minimum Gasteiger partial charge on any atom is -0.493 e. The van der Waals surface area contributed by atoms with Crippen molar-refractivity contribution in [1.29, 1.82) is 0 Å². The SMILES string of the molecule is C=C(C)CCOc1ccc(Br)c(CO)c1. The van der Waals surface area contributed by atoms with E-state index in [1.807, 2.05) is 25.1 Å². The molecule has 1 N–H and O–H groups in total. The van der Waals surface area contributed by atoms with Gasteiger partial charge in [0.05, 0.1) is 13.2 Å². The summed E-state index contributed by atoms with van der Waals surface area (Å²) >= 11 is 3.35. The first-order valence-electron chi connectivity index (χ1n) is 4.80. The van der Waals surface area contributed by atoms with Crippen molar-refractivity contribution in [3.63, 3.8) is 0 Å². The second-order valence-corrected chi connectivity index (χ2v) is 4.32. The molecule has 0 saturated heterocycles. The summed E-state index contributed by atoms with van der Waals surface area (Å²) in [6.45, 7) is 6.42. The standard InChI is InChI=1S/C12H15BrO2/c1-9(2)5-6-15-11-3-4-12(13)10(7-11)8-14/h3-4,7,14H,1,5-6,8H2,2H3. The highest BCUT2D eigenvalue weighted by atomic mass is 79.9. The van der Waals surface area contributed by atoms with E-state index in [2.05, 4.69) is 22.5 Å². The summed E-state index contributed by atoms with van der Waals surface area (Å²) < 4.78 is 6.42. The first-order chi connectivity index (χ1) is 7.13. The number of rotatable bonds is 5. The smallest absolute Gasteiger partial charge is 0.119 e. The van der Waals surface area contributed by atoms with Crippen molar-refractivity contribution in [2.45, 2.75) is 20.0 Å². The van der Waals surface area contributed by atoms with Crippen molar-refractivity contribution in [2.75, 3.05) is 6.61 Å². The molecule has 3 heteroatoms. The van der Waals surface area contributed by atoms with E-state index in [0.29, 0.717) is 6.61 Å². The number of hydrogen-bond donors (Lipinski definition) is 1. The zero-order valence-corrected chi connectivity index (χ0v) is 10.4. The van der Waals surface area contributed by atoms with Crippen molar-refractivity contribution in [1.82, 2.24) is 0 Å². The van der Waals surface area contributed by atoms with Gasteiger partial charge in [-0.25, -0.2) is 0 Å². The van der Waals surface area contributed by atoms with Crippen molar-refractivity contribution in [3.8, 4) is 5.75 Å². The number of ether oxygens (including phenoxy) is 1. The number of halogens is 1. The molecule has 0 aliphatic heterocycles. The van der Waals surface area contributed by atoms with Gasteiger partial charge in [0.1, 0.15) is 5.75 Å². The van der Waals surface area contributed by atoms with Crippen LogP contribution < -0.4 is 4.74 Å². The summed E-state index contributed by atoms with van der Waals surface area (Å²) in [7, 11) is 0. The van der Waals surface area contributed by atoms with Crippen molar-refractivity contribution in [2.24, 2.45) is 0 Å². The van der Waals surface area contributed by atoms with E-state index >= 15 is 0 Å². The Bertz CT molecular complexity index is 347. The number of benzene rings is 1. The third-order valence-electron chi connectivity index (χ3n) is 1.99. The van der Waals surface area contributed by atoms with Gasteiger partial charge < -0.3 is 9.84 Å². The van der Waals surface area contributed by atoms with E-state index in [0.717, 1.165) is 27.8 Å². The molecule has 0 aliphatic rings. The van der Waals surface area contributed by atoms with Crippen LogP contribution in [-0.2, 0) is 6.61 Å². The Morgan fingerprint density at radius 1 is 1.53 bits per heavy atom. The molecule has 2 nitrogen and oxygen atoms in total. The molecule has 1 aromatic rings. The molecule has 0 spiro atoms. The van der Waals surface area contributed by atoms with Crippen LogP contribution in [0.3, 0.4) is 0 Å². The lowest BCUT2D eigenvalue weighted by Gasteiger charge is -2.08. The Labute approximate surface area is 98.7 Å². The second-order valence-electron chi connectivity index (χ2n) is 3.47. The highest BCUT2D eigenvalue weighted by Crippen LogP contribution is 2.22. The minimum absolute atomic E-state index is 0.0122. The fourth-order valence-electron chi connectivity index (χ4n) is 1.11. The second kappa shape index (κ2) is 5.93. The van der Waals surface area contributed by atoms with Gasteiger partial charge in [0, 0.05) is 10.9 Å². The van der Waals surface area contributed by atoms with Crippen molar-refractivity contribution in [3.05, 3.63) is 40.4 Å². The van der Waals surface area contributed by atoms with Crippen LogP contribution in [0.2, 0.25) is 0 Å². The molecular weight excluding hydrogens is 256 g/mol. The van der Waals surface area contributed by atoms with Gasteiger partial charge in [-0.15, -0.1) is 6.58 Å². The Morgan fingerprint density at radius 3 is 2.87 bits per heavy atom. The van der Waals surface area contributed by atoms with E-state index in [9.17, 15) is 0 Å². The lowest BCUT2D eigenvalue weighted by atomic mass is 10.2. The van der Waals surface area contributed by atoms with Crippen LogP contribution in [0, 0.1) is 0 Å². The van der Waals surface area contributed by atoms with Gasteiger partial charge in [-0.2, -0.15) is 0 Å². The number of aliphatic hydroxyl groups is 1. The summed E-state index contributed by atoms with van der Waals surface area (Å²) in [5.74, 6) is 0.781. The molecule has 0 atom stereocenters. The molecular formula is C12H15BrO2. The summed E-state index contributed by atoms with van der Waals surface area (Å²) in [4.78, 5) is 0. The molecule has 1 aromatic carbocycles. The van der Waals surface area contributed by atoms with E-state index in [-0.39, 0.29) is 6.61 Å².